The molecule has 0 unspecified atom stereocenters. The van der Waals surface area contributed by atoms with Gasteiger partial charge in [-0.2, -0.15) is 5.26 Å². The van der Waals surface area contributed by atoms with E-state index in [4.69, 9.17) is 10.4 Å². The van der Waals surface area contributed by atoms with Crippen molar-refractivity contribution < 1.29 is 14.3 Å². The van der Waals surface area contributed by atoms with E-state index >= 15 is 0 Å². The van der Waals surface area contributed by atoms with Gasteiger partial charge < -0.3 is 10.4 Å². The molecule has 5 heteroatoms. The van der Waals surface area contributed by atoms with Crippen LogP contribution in [0.2, 0.25) is 0 Å². The lowest BCUT2D eigenvalue weighted by atomic mass is 9.86. The Bertz CT molecular complexity index is 531. The highest BCUT2D eigenvalue weighted by atomic mass is 19.1. The van der Waals surface area contributed by atoms with Crippen LogP contribution in [0.1, 0.15) is 36.8 Å². The highest BCUT2D eigenvalue weighted by Gasteiger charge is 2.25. The van der Waals surface area contributed by atoms with Crippen molar-refractivity contribution in [3.05, 3.63) is 35.1 Å². The van der Waals surface area contributed by atoms with Gasteiger partial charge in [0.2, 0.25) is 0 Å². The molecule has 1 aromatic carbocycles. The van der Waals surface area contributed by atoms with Crippen LogP contribution in [0.15, 0.2) is 18.2 Å². The molecule has 1 fully saturated rings. The molecule has 2 rings (SSSR count). The molecule has 0 atom stereocenters. The molecule has 0 radical (unpaired) electrons. The lowest BCUT2D eigenvalue weighted by molar-refractivity contribution is -0.142. The van der Waals surface area contributed by atoms with Gasteiger partial charge in [-0.1, -0.05) is 6.07 Å². The average molecular weight is 276 g/mol. The first kappa shape index (κ1) is 14.5. The summed E-state index contributed by atoms with van der Waals surface area (Å²) in [5.41, 5.74) is 1.12. The predicted molar refractivity (Wildman–Crippen MR) is 71.3 cm³/mol. The van der Waals surface area contributed by atoms with Crippen LogP contribution < -0.4 is 5.32 Å². The van der Waals surface area contributed by atoms with Crippen LogP contribution in [0, 0.1) is 23.1 Å². The summed E-state index contributed by atoms with van der Waals surface area (Å²) >= 11 is 0. The third-order valence-electron chi connectivity index (χ3n) is 3.85. The summed E-state index contributed by atoms with van der Waals surface area (Å²) in [4.78, 5) is 10.9. The molecular weight excluding hydrogens is 259 g/mol. The van der Waals surface area contributed by atoms with Gasteiger partial charge >= 0.3 is 5.97 Å². The van der Waals surface area contributed by atoms with E-state index in [-0.39, 0.29) is 12.0 Å². The molecule has 0 amide bonds. The van der Waals surface area contributed by atoms with Gasteiger partial charge in [0, 0.05) is 12.6 Å². The Morgan fingerprint density at radius 2 is 2.10 bits per heavy atom. The first-order chi connectivity index (χ1) is 9.60. The number of benzene rings is 1. The Kier molecular flexibility index (Phi) is 4.70. The zero-order chi connectivity index (χ0) is 14.5. The molecule has 0 aliphatic heterocycles. The minimum absolute atomic E-state index is 0.228. The van der Waals surface area contributed by atoms with Crippen LogP contribution >= 0.6 is 0 Å². The van der Waals surface area contributed by atoms with Gasteiger partial charge in [0.05, 0.1) is 17.6 Å². The number of aliphatic carboxylic acids is 1. The molecule has 1 aliphatic carbocycles. The normalized spacial score (nSPS) is 22.2. The molecule has 0 heterocycles. The number of rotatable bonds is 4. The number of nitrogens with one attached hydrogen (secondary N) is 1. The molecule has 0 bridgehead atoms. The van der Waals surface area contributed by atoms with E-state index in [1.165, 1.54) is 12.1 Å². The molecular formula is C15H17FN2O2. The van der Waals surface area contributed by atoms with Crippen molar-refractivity contribution in [2.45, 2.75) is 38.3 Å². The van der Waals surface area contributed by atoms with Crippen LogP contribution in [0.3, 0.4) is 0 Å². The maximum Gasteiger partial charge on any atom is 0.306 e. The summed E-state index contributed by atoms with van der Waals surface area (Å²) in [7, 11) is 0. The molecule has 1 aliphatic rings. The Morgan fingerprint density at radius 3 is 2.70 bits per heavy atom. The highest BCUT2D eigenvalue weighted by Crippen LogP contribution is 2.24. The molecule has 1 saturated carbocycles. The number of hydrogen-bond acceptors (Lipinski definition) is 3. The van der Waals surface area contributed by atoms with Crippen molar-refractivity contribution in [2.24, 2.45) is 5.92 Å². The summed E-state index contributed by atoms with van der Waals surface area (Å²) in [5, 5.41) is 21.2. The highest BCUT2D eigenvalue weighted by molar-refractivity contribution is 5.70. The van der Waals surface area contributed by atoms with Crippen LogP contribution in [0.4, 0.5) is 4.39 Å². The third kappa shape index (κ3) is 3.55. The van der Waals surface area contributed by atoms with Gasteiger partial charge in [0.1, 0.15) is 5.82 Å². The minimum Gasteiger partial charge on any atom is -0.481 e. The van der Waals surface area contributed by atoms with E-state index in [0.29, 0.717) is 24.9 Å². The lowest BCUT2D eigenvalue weighted by Crippen LogP contribution is -2.34. The Labute approximate surface area is 117 Å². The third-order valence-corrected chi connectivity index (χ3v) is 3.85. The van der Waals surface area contributed by atoms with Gasteiger partial charge in [-0.25, -0.2) is 4.39 Å². The minimum atomic E-state index is -0.714. The monoisotopic (exact) mass is 276 g/mol. The quantitative estimate of drug-likeness (QED) is 0.885. The second kappa shape index (κ2) is 6.49. The number of nitrogens with zero attached hydrogens (tertiary/aromatic N) is 1. The largest absolute Gasteiger partial charge is 0.481 e. The zero-order valence-electron chi connectivity index (χ0n) is 11.1. The number of carbonyl (C=O) groups is 1. The van der Waals surface area contributed by atoms with Crippen LogP contribution in [-0.4, -0.2) is 17.1 Å². The van der Waals surface area contributed by atoms with E-state index in [1.54, 1.807) is 6.07 Å². The van der Waals surface area contributed by atoms with Gasteiger partial charge in [-0.05, 0) is 43.4 Å². The maximum atomic E-state index is 13.0. The predicted octanol–water partition coefficient (Wildman–Crippen LogP) is 2.43. The van der Waals surface area contributed by atoms with Crippen LogP contribution in [0.25, 0.3) is 0 Å². The van der Waals surface area contributed by atoms with E-state index in [1.807, 2.05) is 6.07 Å². The van der Waals surface area contributed by atoms with Crippen molar-refractivity contribution >= 4 is 5.97 Å². The lowest BCUT2D eigenvalue weighted by Gasteiger charge is -2.27. The van der Waals surface area contributed by atoms with E-state index in [9.17, 15) is 9.18 Å². The van der Waals surface area contributed by atoms with Gasteiger partial charge in [0.25, 0.3) is 0 Å². The fraction of sp³-hybridized carbons (Fsp3) is 0.467. The van der Waals surface area contributed by atoms with Crippen molar-refractivity contribution in [3.63, 3.8) is 0 Å². The molecule has 2 N–H and O–H groups in total. The molecule has 1 aromatic rings. The zero-order valence-corrected chi connectivity index (χ0v) is 11.1. The fourth-order valence-corrected chi connectivity index (χ4v) is 2.61. The molecule has 106 valence electrons. The van der Waals surface area contributed by atoms with E-state index in [2.05, 4.69) is 5.32 Å². The summed E-state index contributed by atoms with van der Waals surface area (Å²) in [5.74, 6) is -1.35. The SMILES string of the molecule is N#Cc1cc(F)ccc1CNC1CCC(C(=O)O)CC1. The molecule has 0 spiro atoms. The van der Waals surface area contributed by atoms with E-state index < -0.39 is 11.8 Å². The maximum absolute atomic E-state index is 13.0. The summed E-state index contributed by atoms with van der Waals surface area (Å²) < 4.78 is 13.0. The van der Waals surface area contributed by atoms with Crippen molar-refractivity contribution in [3.8, 4) is 6.07 Å². The van der Waals surface area contributed by atoms with Gasteiger partial charge in [-0.3, -0.25) is 4.79 Å². The average Bonchev–Trinajstić information content (AvgIpc) is 2.46. The Morgan fingerprint density at radius 1 is 1.40 bits per heavy atom. The molecule has 4 nitrogen and oxygen atoms in total. The first-order valence-corrected chi connectivity index (χ1v) is 6.75. The van der Waals surface area contributed by atoms with Crippen LogP contribution in [0.5, 0.6) is 0 Å². The second-order valence-electron chi connectivity index (χ2n) is 5.18. The number of carboxylic acid groups (broad SMARTS) is 1. The van der Waals surface area contributed by atoms with Crippen molar-refractivity contribution in [1.29, 1.82) is 5.26 Å². The fourth-order valence-electron chi connectivity index (χ4n) is 2.61. The number of nitriles is 1. The van der Waals surface area contributed by atoms with Crippen LogP contribution in [-0.2, 0) is 11.3 Å². The van der Waals surface area contributed by atoms with E-state index in [0.717, 1.165) is 18.4 Å². The topological polar surface area (TPSA) is 73.1 Å². The Balaban J connectivity index is 1.88. The number of halogens is 1. The number of hydrogen-bond donors (Lipinski definition) is 2. The Hall–Kier alpha value is -1.93. The standard InChI is InChI=1S/C15H17FN2O2/c16-13-4-1-11(12(7-13)8-17)9-18-14-5-2-10(3-6-14)15(19)20/h1,4,7,10,14,18H,2-3,5-6,9H2,(H,19,20). The first-order valence-electron chi connectivity index (χ1n) is 6.75. The molecule has 0 saturated heterocycles. The van der Waals surface area contributed by atoms with Gasteiger partial charge in [-0.15, -0.1) is 0 Å². The molecule has 20 heavy (non-hydrogen) atoms. The summed E-state index contributed by atoms with van der Waals surface area (Å²) in [6.45, 7) is 0.506. The second-order valence-corrected chi connectivity index (χ2v) is 5.18. The number of carboxylic acids is 1. The van der Waals surface area contributed by atoms with Crippen molar-refractivity contribution in [2.75, 3.05) is 0 Å². The summed E-state index contributed by atoms with van der Waals surface area (Å²) in [6, 6.07) is 6.45. The smallest absolute Gasteiger partial charge is 0.306 e. The molecule has 0 aromatic heterocycles. The van der Waals surface area contributed by atoms with Gasteiger partial charge in [0.15, 0.2) is 0 Å². The van der Waals surface area contributed by atoms with Crippen molar-refractivity contribution in [1.82, 2.24) is 5.32 Å². The summed E-state index contributed by atoms with van der Waals surface area (Å²) in [6.07, 6.45) is 3.00.